The Morgan fingerprint density at radius 3 is 2.95 bits per heavy atom. The van der Waals surface area contributed by atoms with E-state index in [1.54, 1.807) is 23.0 Å². The number of nitrogens with zero attached hydrogens (tertiary/aromatic N) is 4. The number of hydrogen-bond acceptors (Lipinski definition) is 6. The first kappa shape index (κ1) is 15.5. The van der Waals surface area contributed by atoms with Gasteiger partial charge in [-0.1, -0.05) is 0 Å². The zero-order chi connectivity index (χ0) is 16.1. The zero-order valence-electron chi connectivity index (χ0n) is 12.1. The average molecular weight is 300 g/mol. The normalized spacial score (nSPS) is 10.2. The van der Waals surface area contributed by atoms with E-state index in [-0.39, 0.29) is 23.7 Å². The Balaban J connectivity index is 2.45. The van der Waals surface area contributed by atoms with Crippen LogP contribution in [0.2, 0.25) is 0 Å². The third kappa shape index (κ3) is 3.05. The highest BCUT2D eigenvalue weighted by Gasteiger charge is 2.16. The van der Waals surface area contributed by atoms with Gasteiger partial charge in [-0.2, -0.15) is 10.4 Å². The van der Waals surface area contributed by atoms with Crippen molar-refractivity contribution in [3.05, 3.63) is 29.7 Å². The van der Waals surface area contributed by atoms with Gasteiger partial charge in [0.1, 0.15) is 6.07 Å². The molecule has 2 aromatic rings. The highest BCUT2D eigenvalue weighted by atomic mass is 16.3. The molecule has 0 aliphatic heterocycles. The molecule has 0 aliphatic carbocycles. The molecule has 0 radical (unpaired) electrons. The number of nitrogens with one attached hydrogen (secondary N) is 1. The second-order valence-electron chi connectivity index (χ2n) is 4.56. The van der Waals surface area contributed by atoms with Crippen LogP contribution in [0.25, 0.3) is 11.3 Å². The minimum absolute atomic E-state index is 0.0397. The van der Waals surface area contributed by atoms with E-state index in [0.29, 0.717) is 24.2 Å². The summed E-state index contributed by atoms with van der Waals surface area (Å²) in [6.45, 7) is 0.528. The summed E-state index contributed by atoms with van der Waals surface area (Å²) in [4.78, 5) is 16.0. The molecular weight excluding hydrogens is 284 g/mol. The SMILES string of the molecule is CNC(=O)c1nc(-c2cn(CCCO)nc2C#N)ccc1N. The summed E-state index contributed by atoms with van der Waals surface area (Å²) in [5.74, 6) is -0.398. The molecule has 0 fully saturated rings. The van der Waals surface area contributed by atoms with Gasteiger partial charge in [-0.15, -0.1) is 0 Å². The molecule has 8 heteroatoms. The van der Waals surface area contributed by atoms with E-state index in [9.17, 15) is 10.1 Å². The standard InChI is InChI=1S/C14H16N6O2/c1-17-14(22)13-10(16)3-4-11(18-13)9-8-20(5-2-6-21)19-12(9)7-15/h3-4,8,21H,2,5-6,16H2,1H3,(H,17,22). The van der Waals surface area contributed by atoms with Crippen molar-refractivity contribution < 1.29 is 9.90 Å². The maximum Gasteiger partial charge on any atom is 0.271 e. The Morgan fingerprint density at radius 1 is 1.55 bits per heavy atom. The van der Waals surface area contributed by atoms with Gasteiger partial charge in [-0.3, -0.25) is 9.48 Å². The summed E-state index contributed by atoms with van der Waals surface area (Å²) in [6, 6.07) is 5.21. The fraction of sp³-hybridized carbons (Fsp3) is 0.286. The van der Waals surface area contributed by atoms with Crippen LogP contribution in [0, 0.1) is 11.3 Å². The van der Waals surface area contributed by atoms with Crippen LogP contribution in [0.1, 0.15) is 22.6 Å². The maximum absolute atomic E-state index is 11.8. The number of aryl methyl sites for hydroxylation is 1. The molecule has 0 aliphatic rings. The Bertz CT molecular complexity index is 731. The predicted octanol–water partition coefficient (Wildman–Crippen LogP) is 0.141. The molecule has 114 valence electrons. The smallest absolute Gasteiger partial charge is 0.271 e. The highest BCUT2D eigenvalue weighted by Crippen LogP contribution is 2.23. The minimum atomic E-state index is -0.398. The first-order valence-electron chi connectivity index (χ1n) is 6.68. The molecule has 0 atom stereocenters. The Labute approximate surface area is 127 Å². The molecule has 4 N–H and O–H groups in total. The first-order valence-corrected chi connectivity index (χ1v) is 6.68. The molecular formula is C14H16N6O2. The van der Waals surface area contributed by atoms with Gasteiger partial charge in [-0.25, -0.2) is 4.98 Å². The molecule has 0 saturated carbocycles. The summed E-state index contributed by atoms with van der Waals surface area (Å²) < 4.78 is 1.57. The van der Waals surface area contributed by atoms with Crippen molar-refractivity contribution in [3.8, 4) is 17.3 Å². The number of aromatic nitrogens is 3. The van der Waals surface area contributed by atoms with Crippen LogP contribution < -0.4 is 11.1 Å². The molecule has 22 heavy (non-hydrogen) atoms. The lowest BCUT2D eigenvalue weighted by molar-refractivity contribution is 0.0959. The van der Waals surface area contributed by atoms with Gasteiger partial charge in [0.25, 0.3) is 5.91 Å². The van der Waals surface area contributed by atoms with Crippen molar-refractivity contribution in [2.75, 3.05) is 19.4 Å². The summed E-state index contributed by atoms with van der Waals surface area (Å²) in [6.07, 6.45) is 2.20. The number of anilines is 1. The summed E-state index contributed by atoms with van der Waals surface area (Å²) in [5, 5.41) is 24.6. The summed E-state index contributed by atoms with van der Waals surface area (Å²) in [7, 11) is 1.49. The lowest BCUT2D eigenvalue weighted by atomic mass is 10.1. The van der Waals surface area contributed by atoms with Gasteiger partial charge in [0.05, 0.1) is 16.9 Å². The Hall–Kier alpha value is -2.92. The van der Waals surface area contributed by atoms with Gasteiger partial charge in [0, 0.05) is 26.4 Å². The number of nitrogens with two attached hydrogens (primary N) is 1. The number of carbonyl (C=O) groups is 1. The number of nitriles is 1. The lowest BCUT2D eigenvalue weighted by Crippen LogP contribution is -2.21. The van der Waals surface area contributed by atoms with Gasteiger partial charge in [0.15, 0.2) is 11.4 Å². The van der Waals surface area contributed by atoms with Gasteiger partial charge in [-0.05, 0) is 18.6 Å². The van der Waals surface area contributed by atoms with Crippen LogP contribution in [0.15, 0.2) is 18.3 Å². The van der Waals surface area contributed by atoms with Crippen LogP contribution in [0.3, 0.4) is 0 Å². The third-order valence-electron chi connectivity index (χ3n) is 3.06. The first-order chi connectivity index (χ1) is 10.6. The largest absolute Gasteiger partial charge is 0.397 e. The van der Waals surface area contributed by atoms with Gasteiger partial charge >= 0.3 is 0 Å². The number of aliphatic hydroxyl groups excluding tert-OH is 1. The van der Waals surface area contributed by atoms with Crippen molar-refractivity contribution in [1.82, 2.24) is 20.1 Å². The molecule has 0 unspecified atom stereocenters. The van der Waals surface area contributed by atoms with Crippen molar-refractivity contribution in [3.63, 3.8) is 0 Å². The number of aliphatic hydroxyl groups is 1. The monoisotopic (exact) mass is 300 g/mol. The van der Waals surface area contributed by atoms with Crippen molar-refractivity contribution in [1.29, 1.82) is 5.26 Å². The molecule has 0 aromatic carbocycles. The van der Waals surface area contributed by atoms with E-state index in [2.05, 4.69) is 15.4 Å². The maximum atomic E-state index is 11.8. The van der Waals surface area contributed by atoms with Crippen LogP contribution in [0.4, 0.5) is 5.69 Å². The van der Waals surface area contributed by atoms with E-state index in [1.165, 1.54) is 7.05 Å². The number of rotatable bonds is 5. The fourth-order valence-corrected chi connectivity index (χ4v) is 1.96. The van der Waals surface area contributed by atoms with Gasteiger partial charge in [0.2, 0.25) is 0 Å². The second kappa shape index (κ2) is 6.69. The number of hydrogen-bond donors (Lipinski definition) is 3. The molecule has 0 saturated heterocycles. The van der Waals surface area contributed by atoms with E-state index < -0.39 is 5.91 Å². The number of nitrogen functional groups attached to an aromatic ring is 1. The molecule has 1 amide bonds. The van der Waals surface area contributed by atoms with E-state index in [4.69, 9.17) is 10.8 Å². The summed E-state index contributed by atoms with van der Waals surface area (Å²) in [5.41, 5.74) is 7.28. The van der Waals surface area contributed by atoms with E-state index >= 15 is 0 Å². The minimum Gasteiger partial charge on any atom is -0.397 e. The predicted molar refractivity (Wildman–Crippen MR) is 79.7 cm³/mol. The molecule has 2 rings (SSSR count). The average Bonchev–Trinajstić information content (AvgIpc) is 2.96. The van der Waals surface area contributed by atoms with Crippen molar-refractivity contribution in [2.45, 2.75) is 13.0 Å². The van der Waals surface area contributed by atoms with Crippen molar-refractivity contribution in [2.24, 2.45) is 0 Å². The van der Waals surface area contributed by atoms with Crippen molar-refractivity contribution >= 4 is 11.6 Å². The van der Waals surface area contributed by atoms with Crippen LogP contribution >= 0.6 is 0 Å². The van der Waals surface area contributed by atoms with Gasteiger partial charge < -0.3 is 16.2 Å². The molecule has 2 aromatic heterocycles. The number of carbonyl (C=O) groups excluding carboxylic acids is 1. The lowest BCUT2D eigenvalue weighted by Gasteiger charge is -2.05. The van der Waals surface area contributed by atoms with Crippen LogP contribution in [-0.2, 0) is 6.54 Å². The Morgan fingerprint density at radius 2 is 2.32 bits per heavy atom. The van der Waals surface area contributed by atoms with Crippen LogP contribution in [-0.4, -0.2) is 39.4 Å². The number of amides is 1. The Kier molecular flexibility index (Phi) is 4.70. The third-order valence-corrected chi connectivity index (χ3v) is 3.06. The quantitative estimate of drug-likeness (QED) is 0.720. The second-order valence-corrected chi connectivity index (χ2v) is 4.56. The highest BCUT2D eigenvalue weighted by molar-refractivity contribution is 5.97. The zero-order valence-corrected chi connectivity index (χ0v) is 12.1. The van der Waals surface area contributed by atoms with E-state index in [1.807, 2.05) is 6.07 Å². The number of pyridine rings is 1. The molecule has 0 bridgehead atoms. The van der Waals surface area contributed by atoms with E-state index in [0.717, 1.165) is 0 Å². The molecule has 8 nitrogen and oxygen atoms in total. The topological polar surface area (TPSA) is 130 Å². The van der Waals surface area contributed by atoms with Crippen LogP contribution in [0.5, 0.6) is 0 Å². The molecule has 2 heterocycles. The fourth-order valence-electron chi connectivity index (χ4n) is 1.96. The molecule has 0 spiro atoms. The summed E-state index contributed by atoms with van der Waals surface area (Å²) >= 11 is 0.